The van der Waals surface area contributed by atoms with Gasteiger partial charge in [0.25, 0.3) is 0 Å². The molecule has 0 aliphatic heterocycles. The summed E-state index contributed by atoms with van der Waals surface area (Å²) in [6, 6.07) is 6.53. The Hall–Kier alpha value is -1.15. The summed E-state index contributed by atoms with van der Waals surface area (Å²) >= 11 is 0. The van der Waals surface area contributed by atoms with E-state index in [0.717, 1.165) is 6.42 Å². The van der Waals surface area contributed by atoms with Crippen LogP contribution in [0.5, 0.6) is 0 Å². The van der Waals surface area contributed by atoms with Crippen molar-refractivity contribution in [1.82, 2.24) is 0 Å². The monoisotopic (exact) mass is 246 g/mol. The van der Waals surface area contributed by atoms with Crippen molar-refractivity contribution in [2.24, 2.45) is 0 Å². The molecular weight excluding hydrogens is 224 g/mol. The summed E-state index contributed by atoms with van der Waals surface area (Å²) in [7, 11) is 1.69. The van der Waals surface area contributed by atoms with Crippen LogP contribution < -0.4 is 0 Å². The Labute approximate surface area is 109 Å². The molecule has 0 radical (unpaired) electrons. The lowest BCUT2D eigenvalue weighted by molar-refractivity contribution is -0.119. The number of rotatable bonds is 6. The number of carbonyl (C=O) groups is 1. The van der Waals surface area contributed by atoms with Crippen LogP contribution in [0, 0.1) is 0 Å². The van der Waals surface area contributed by atoms with Gasteiger partial charge in [0, 0.05) is 20.0 Å². The van der Waals surface area contributed by atoms with Crippen molar-refractivity contribution in [2.45, 2.75) is 51.6 Å². The fraction of sp³-hybridized carbons (Fsp3) is 0.562. The Balaban J connectivity index is 1.87. The fourth-order valence-electron chi connectivity index (χ4n) is 2.53. The van der Waals surface area contributed by atoms with Gasteiger partial charge in [-0.1, -0.05) is 18.2 Å². The van der Waals surface area contributed by atoms with Crippen LogP contribution in [0.15, 0.2) is 18.2 Å². The van der Waals surface area contributed by atoms with Gasteiger partial charge in [0.1, 0.15) is 5.78 Å². The third-order valence-electron chi connectivity index (χ3n) is 3.80. The molecule has 1 aliphatic carbocycles. The molecule has 0 fully saturated rings. The van der Waals surface area contributed by atoms with Crippen LogP contribution in [0.3, 0.4) is 0 Å². The average Bonchev–Trinajstić information content (AvgIpc) is 2.83. The van der Waals surface area contributed by atoms with E-state index in [1.807, 2.05) is 6.92 Å². The number of hydrogen-bond donors (Lipinski definition) is 0. The Morgan fingerprint density at radius 1 is 1.33 bits per heavy atom. The Morgan fingerprint density at radius 3 is 2.89 bits per heavy atom. The summed E-state index contributed by atoms with van der Waals surface area (Å²) in [5.41, 5.74) is 4.09. The van der Waals surface area contributed by atoms with E-state index < -0.39 is 0 Å². The summed E-state index contributed by atoms with van der Waals surface area (Å²) in [4.78, 5) is 11.9. The van der Waals surface area contributed by atoms with E-state index in [0.29, 0.717) is 18.6 Å². The molecule has 1 aromatic rings. The Morgan fingerprint density at radius 2 is 2.11 bits per heavy atom. The van der Waals surface area contributed by atoms with Crippen LogP contribution in [-0.2, 0) is 28.8 Å². The van der Waals surface area contributed by atoms with Gasteiger partial charge in [0.05, 0.1) is 6.10 Å². The van der Waals surface area contributed by atoms with E-state index in [1.54, 1.807) is 7.11 Å². The van der Waals surface area contributed by atoms with Crippen LogP contribution in [-0.4, -0.2) is 19.0 Å². The first-order valence-electron chi connectivity index (χ1n) is 6.84. The van der Waals surface area contributed by atoms with Crippen molar-refractivity contribution in [3.8, 4) is 0 Å². The maximum absolute atomic E-state index is 11.9. The summed E-state index contributed by atoms with van der Waals surface area (Å²) in [6.45, 7) is 2.00. The number of benzene rings is 1. The largest absolute Gasteiger partial charge is 0.382 e. The van der Waals surface area contributed by atoms with Crippen LogP contribution in [0.4, 0.5) is 0 Å². The van der Waals surface area contributed by atoms with Crippen molar-refractivity contribution in [3.05, 3.63) is 34.9 Å². The molecule has 18 heavy (non-hydrogen) atoms. The van der Waals surface area contributed by atoms with Gasteiger partial charge < -0.3 is 4.74 Å². The van der Waals surface area contributed by atoms with Gasteiger partial charge in [0.2, 0.25) is 0 Å². The van der Waals surface area contributed by atoms with Gasteiger partial charge in [-0.05, 0) is 49.3 Å². The maximum Gasteiger partial charge on any atom is 0.137 e. The fourth-order valence-corrected chi connectivity index (χ4v) is 2.53. The van der Waals surface area contributed by atoms with Crippen molar-refractivity contribution in [1.29, 1.82) is 0 Å². The van der Waals surface area contributed by atoms with Crippen molar-refractivity contribution in [2.75, 3.05) is 7.11 Å². The minimum Gasteiger partial charge on any atom is -0.382 e. The smallest absolute Gasteiger partial charge is 0.137 e. The molecule has 2 nitrogen and oxygen atoms in total. The topological polar surface area (TPSA) is 26.3 Å². The lowest BCUT2D eigenvalue weighted by Gasteiger charge is -2.08. The van der Waals surface area contributed by atoms with E-state index in [9.17, 15) is 4.79 Å². The predicted octanol–water partition coefficient (Wildman–Crippen LogP) is 3.10. The van der Waals surface area contributed by atoms with Crippen LogP contribution in [0.2, 0.25) is 0 Å². The van der Waals surface area contributed by atoms with Gasteiger partial charge in [-0.15, -0.1) is 0 Å². The van der Waals surface area contributed by atoms with Gasteiger partial charge in [0.15, 0.2) is 0 Å². The Bertz CT molecular complexity index is 423. The lowest BCUT2D eigenvalue weighted by Crippen LogP contribution is -2.10. The second-order valence-corrected chi connectivity index (χ2v) is 5.26. The summed E-state index contributed by atoms with van der Waals surface area (Å²) in [5.74, 6) is 0.317. The molecule has 0 amide bonds. The summed E-state index contributed by atoms with van der Waals surface area (Å²) < 4.78 is 5.16. The average molecular weight is 246 g/mol. The SMILES string of the molecule is COC(C)CCC(=O)Cc1ccc2c(c1)CCC2. The summed E-state index contributed by atoms with van der Waals surface area (Å²) in [5, 5.41) is 0. The van der Waals surface area contributed by atoms with Crippen molar-refractivity contribution >= 4 is 5.78 Å². The van der Waals surface area contributed by atoms with Gasteiger partial charge in [-0.3, -0.25) is 4.79 Å². The van der Waals surface area contributed by atoms with Crippen molar-refractivity contribution in [3.63, 3.8) is 0 Å². The van der Waals surface area contributed by atoms with E-state index >= 15 is 0 Å². The molecule has 0 aromatic heterocycles. The molecule has 0 spiro atoms. The molecule has 1 aromatic carbocycles. The third-order valence-corrected chi connectivity index (χ3v) is 3.80. The highest BCUT2D eigenvalue weighted by molar-refractivity contribution is 5.80. The molecule has 2 heteroatoms. The van der Waals surface area contributed by atoms with E-state index in [1.165, 1.54) is 36.0 Å². The zero-order valence-corrected chi connectivity index (χ0v) is 11.4. The number of aryl methyl sites for hydroxylation is 2. The minimum absolute atomic E-state index is 0.175. The molecule has 98 valence electrons. The molecule has 0 heterocycles. The number of carbonyl (C=O) groups excluding carboxylic acids is 1. The molecule has 0 N–H and O–H groups in total. The minimum atomic E-state index is 0.175. The number of Topliss-reactive ketones (excluding diaryl/α,β-unsaturated/α-hetero) is 1. The molecule has 0 saturated carbocycles. The van der Waals surface area contributed by atoms with E-state index in [-0.39, 0.29) is 6.10 Å². The molecule has 1 aliphatic rings. The van der Waals surface area contributed by atoms with Crippen LogP contribution >= 0.6 is 0 Å². The first-order chi connectivity index (χ1) is 8.69. The van der Waals surface area contributed by atoms with Gasteiger partial charge in [-0.25, -0.2) is 0 Å². The van der Waals surface area contributed by atoms with Gasteiger partial charge >= 0.3 is 0 Å². The Kier molecular flexibility index (Phi) is 4.54. The first kappa shape index (κ1) is 13.3. The zero-order valence-electron chi connectivity index (χ0n) is 11.4. The van der Waals surface area contributed by atoms with Gasteiger partial charge in [-0.2, -0.15) is 0 Å². The molecule has 1 atom stereocenters. The maximum atomic E-state index is 11.9. The number of fused-ring (bicyclic) bond motifs is 1. The number of methoxy groups -OCH3 is 1. The number of ether oxygens (including phenoxy) is 1. The molecule has 2 rings (SSSR count). The number of hydrogen-bond acceptors (Lipinski definition) is 2. The highest BCUT2D eigenvalue weighted by Gasteiger charge is 2.12. The number of ketones is 1. The third kappa shape index (κ3) is 3.42. The molecule has 1 unspecified atom stereocenters. The van der Waals surface area contributed by atoms with E-state index in [2.05, 4.69) is 18.2 Å². The molecular formula is C16H22O2. The second-order valence-electron chi connectivity index (χ2n) is 5.26. The van der Waals surface area contributed by atoms with Crippen LogP contribution in [0.25, 0.3) is 0 Å². The van der Waals surface area contributed by atoms with E-state index in [4.69, 9.17) is 4.74 Å². The quantitative estimate of drug-likeness (QED) is 0.771. The van der Waals surface area contributed by atoms with Crippen molar-refractivity contribution < 1.29 is 9.53 Å². The zero-order chi connectivity index (χ0) is 13.0. The lowest BCUT2D eigenvalue weighted by atomic mass is 10.0. The first-order valence-corrected chi connectivity index (χ1v) is 6.84. The summed E-state index contributed by atoms with van der Waals surface area (Å²) in [6.07, 6.45) is 5.83. The van der Waals surface area contributed by atoms with Crippen LogP contribution in [0.1, 0.15) is 42.9 Å². The highest BCUT2D eigenvalue weighted by Crippen LogP contribution is 2.23. The normalized spacial score (nSPS) is 15.4. The second kappa shape index (κ2) is 6.14. The highest BCUT2D eigenvalue weighted by atomic mass is 16.5. The predicted molar refractivity (Wildman–Crippen MR) is 72.9 cm³/mol. The molecule has 0 bridgehead atoms. The molecule has 0 saturated heterocycles. The standard InChI is InChI=1S/C16H22O2/c1-12(18-2)6-9-16(17)11-13-7-8-14-4-3-5-15(14)10-13/h7-8,10,12H,3-6,9,11H2,1-2H3.